The van der Waals surface area contributed by atoms with E-state index in [0.717, 1.165) is 0 Å². The smallest absolute Gasteiger partial charge is 0.434 e. The fraction of sp³-hybridized carbons (Fsp3) is 0.130. The molecule has 0 bridgehead atoms. The van der Waals surface area contributed by atoms with Gasteiger partial charge in [-0.2, -0.15) is 13.2 Å². The molecule has 3 aromatic rings. The molecule has 2 aromatic carbocycles. The topological polar surface area (TPSA) is 141 Å². The van der Waals surface area contributed by atoms with E-state index < -0.39 is 40.2 Å². The van der Waals surface area contributed by atoms with Crippen LogP contribution in [0.4, 0.5) is 18.3 Å². The SMILES string of the molecule is CNc1nc(C(F)(F)F)c(/C=C(/NC(=O)c2ccc(C(=O)NCc3cccc(O)c3)cc2Cl)C(=O)O)s1. The first-order valence-electron chi connectivity index (χ1n) is 10.3. The summed E-state index contributed by atoms with van der Waals surface area (Å²) in [5.41, 5.74) is -1.64. The van der Waals surface area contributed by atoms with Crippen molar-refractivity contribution in [3.8, 4) is 5.75 Å². The number of phenols is 1. The molecule has 0 saturated carbocycles. The Morgan fingerprint density at radius 2 is 1.86 bits per heavy atom. The first-order chi connectivity index (χ1) is 17.4. The van der Waals surface area contributed by atoms with Crippen LogP contribution in [0.5, 0.6) is 5.75 Å². The van der Waals surface area contributed by atoms with Crippen molar-refractivity contribution < 1.29 is 37.8 Å². The molecule has 0 aliphatic heterocycles. The Bertz CT molecular complexity index is 1390. The second kappa shape index (κ2) is 11.3. The van der Waals surface area contributed by atoms with Crippen molar-refractivity contribution in [2.45, 2.75) is 12.7 Å². The Hall–Kier alpha value is -4.10. The summed E-state index contributed by atoms with van der Waals surface area (Å²) in [7, 11) is 1.35. The third kappa shape index (κ3) is 6.98. The molecule has 0 aliphatic carbocycles. The molecule has 1 aromatic heterocycles. The molecular formula is C23H18ClF3N4O5S. The van der Waals surface area contributed by atoms with Crippen LogP contribution < -0.4 is 16.0 Å². The van der Waals surface area contributed by atoms with Gasteiger partial charge >= 0.3 is 12.1 Å². The summed E-state index contributed by atoms with van der Waals surface area (Å²) in [5, 5.41) is 25.7. The second-order valence-electron chi connectivity index (χ2n) is 7.34. The number of hydrogen-bond acceptors (Lipinski definition) is 7. The molecule has 1 heterocycles. The van der Waals surface area contributed by atoms with Crippen LogP contribution in [0.3, 0.4) is 0 Å². The van der Waals surface area contributed by atoms with Crippen LogP contribution in [-0.2, 0) is 17.5 Å². The minimum absolute atomic E-state index is 0.0346. The molecule has 0 radical (unpaired) electrons. The van der Waals surface area contributed by atoms with Gasteiger partial charge in [0.05, 0.1) is 15.5 Å². The van der Waals surface area contributed by atoms with Gasteiger partial charge in [-0.25, -0.2) is 9.78 Å². The molecule has 0 atom stereocenters. The number of aliphatic carboxylic acids is 1. The van der Waals surface area contributed by atoms with Crippen molar-refractivity contribution in [2.24, 2.45) is 0 Å². The van der Waals surface area contributed by atoms with Crippen molar-refractivity contribution in [3.05, 3.63) is 80.4 Å². The van der Waals surface area contributed by atoms with Gasteiger partial charge in [-0.15, -0.1) is 0 Å². The van der Waals surface area contributed by atoms with Gasteiger partial charge in [0.1, 0.15) is 11.4 Å². The Morgan fingerprint density at radius 1 is 1.14 bits per heavy atom. The van der Waals surface area contributed by atoms with Crippen LogP contribution in [0, 0.1) is 0 Å². The largest absolute Gasteiger partial charge is 0.508 e. The zero-order valence-electron chi connectivity index (χ0n) is 18.8. The summed E-state index contributed by atoms with van der Waals surface area (Å²) >= 11 is 6.68. The normalized spacial score (nSPS) is 11.6. The predicted molar refractivity (Wildman–Crippen MR) is 130 cm³/mol. The van der Waals surface area contributed by atoms with Crippen molar-refractivity contribution in [2.75, 3.05) is 12.4 Å². The van der Waals surface area contributed by atoms with Gasteiger partial charge in [0.2, 0.25) is 0 Å². The van der Waals surface area contributed by atoms with Gasteiger partial charge in [-0.3, -0.25) is 9.59 Å². The highest BCUT2D eigenvalue weighted by molar-refractivity contribution is 7.16. The number of nitrogens with one attached hydrogen (secondary N) is 3. The van der Waals surface area contributed by atoms with Gasteiger partial charge in [-0.1, -0.05) is 35.1 Å². The fourth-order valence-electron chi connectivity index (χ4n) is 3.00. The number of anilines is 1. The molecule has 3 rings (SSSR count). The van der Waals surface area contributed by atoms with Crippen LogP contribution in [0.2, 0.25) is 5.02 Å². The van der Waals surface area contributed by atoms with Crippen LogP contribution in [0.25, 0.3) is 6.08 Å². The summed E-state index contributed by atoms with van der Waals surface area (Å²) in [4.78, 5) is 39.6. The van der Waals surface area contributed by atoms with Crippen molar-refractivity contribution in [1.82, 2.24) is 15.6 Å². The lowest BCUT2D eigenvalue weighted by molar-refractivity contribution is -0.141. The zero-order chi connectivity index (χ0) is 27.3. The Balaban J connectivity index is 1.78. The number of amides is 2. The maximum Gasteiger partial charge on any atom is 0.434 e. The summed E-state index contributed by atoms with van der Waals surface area (Å²) in [6.45, 7) is 0.104. The summed E-state index contributed by atoms with van der Waals surface area (Å²) < 4.78 is 39.9. The van der Waals surface area contributed by atoms with Crippen molar-refractivity contribution in [3.63, 3.8) is 0 Å². The van der Waals surface area contributed by atoms with Gasteiger partial charge in [-0.05, 0) is 42.0 Å². The van der Waals surface area contributed by atoms with Gasteiger partial charge in [0, 0.05) is 19.2 Å². The average Bonchev–Trinajstić information content (AvgIpc) is 3.25. The zero-order valence-corrected chi connectivity index (χ0v) is 20.4. The predicted octanol–water partition coefficient (Wildman–Crippen LogP) is 4.35. The van der Waals surface area contributed by atoms with E-state index >= 15 is 0 Å². The number of carboxylic acids is 1. The molecule has 0 saturated heterocycles. The number of carbonyl (C=O) groups is 3. The summed E-state index contributed by atoms with van der Waals surface area (Å²) in [6.07, 6.45) is -4.20. The van der Waals surface area contributed by atoms with Gasteiger partial charge in [0.25, 0.3) is 11.8 Å². The molecule has 0 aliphatic rings. The molecule has 14 heteroatoms. The number of phenolic OH excluding ortho intramolecular Hbond substituents is 1. The van der Waals surface area contributed by atoms with E-state index in [1.54, 1.807) is 12.1 Å². The molecular weight excluding hydrogens is 537 g/mol. The minimum Gasteiger partial charge on any atom is -0.508 e. The Labute approximate surface area is 216 Å². The number of aromatic hydroxyl groups is 1. The molecule has 5 N–H and O–H groups in total. The monoisotopic (exact) mass is 554 g/mol. The van der Waals surface area contributed by atoms with E-state index in [9.17, 15) is 37.8 Å². The molecule has 9 nitrogen and oxygen atoms in total. The number of aromatic nitrogens is 1. The lowest BCUT2D eigenvalue weighted by Gasteiger charge is -2.10. The van der Waals surface area contributed by atoms with Crippen molar-refractivity contribution in [1.29, 1.82) is 0 Å². The first kappa shape index (κ1) is 27.5. The highest BCUT2D eigenvalue weighted by atomic mass is 35.5. The van der Waals surface area contributed by atoms with Crippen LogP contribution in [0.1, 0.15) is 36.9 Å². The summed E-state index contributed by atoms with van der Waals surface area (Å²) in [6, 6.07) is 9.88. The van der Waals surface area contributed by atoms with E-state index in [1.165, 1.54) is 37.4 Å². The molecule has 37 heavy (non-hydrogen) atoms. The lowest BCUT2D eigenvalue weighted by Crippen LogP contribution is -2.28. The average molecular weight is 555 g/mol. The molecule has 194 valence electrons. The van der Waals surface area contributed by atoms with Crippen LogP contribution in [0.15, 0.2) is 48.2 Å². The third-order valence-electron chi connectivity index (χ3n) is 4.73. The number of benzene rings is 2. The fourth-order valence-corrected chi connectivity index (χ4v) is 4.15. The number of thiazole rings is 1. The standard InChI is InChI=1S/C23H18ClF3N4O5S/c1-28-22-31-18(23(25,26)27)17(37-22)9-16(21(35)36)30-20(34)14-6-5-12(8-15(14)24)19(33)29-10-11-3-2-4-13(32)7-11/h2-9,32H,10H2,1H3,(H,28,31)(H,29,33)(H,30,34)(H,35,36)/b16-9+. The van der Waals surface area contributed by atoms with Crippen LogP contribution in [-0.4, -0.2) is 40.0 Å². The Kier molecular flexibility index (Phi) is 8.40. The van der Waals surface area contributed by atoms with E-state index in [0.29, 0.717) is 23.0 Å². The quantitative estimate of drug-likeness (QED) is 0.261. The van der Waals surface area contributed by atoms with E-state index in [1.807, 2.05) is 5.32 Å². The Morgan fingerprint density at radius 3 is 2.46 bits per heavy atom. The van der Waals surface area contributed by atoms with E-state index in [4.69, 9.17) is 11.6 Å². The molecule has 0 unspecified atom stereocenters. The highest BCUT2D eigenvalue weighted by Crippen LogP contribution is 2.37. The number of nitrogens with zero attached hydrogens (tertiary/aromatic N) is 1. The highest BCUT2D eigenvalue weighted by Gasteiger charge is 2.37. The first-order valence-corrected chi connectivity index (χ1v) is 11.5. The summed E-state index contributed by atoms with van der Waals surface area (Å²) in [5.74, 6) is -3.21. The van der Waals surface area contributed by atoms with Gasteiger partial charge in [0.15, 0.2) is 10.8 Å². The van der Waals surface area contributed by atoms with Crippen LogP contribution >= 0.6 is 22.9 Å². The van der Waals surface area contributed by atoms with Gasteiger partial charge < -0.3 is 26.2 Å². The van der Waals surface area contributed by atoms with Crippen molar-refractivity contribution >= 4 is 51.9 Å². The number of carboxylic acid groups (broad SMARTS) is 1. The number of halogens is 4. The van der Waals surface area contributed by atoms with E-state index in [2.05, 4.69) is 15.6 Å². The number of alkyl halides is 3. The second-order valence-corrected chi connectivity index (χ2v) is 8.78. The minimum atomic E-state index is -4.86. The maximum absolute atomic E-state index is 13.3. The molecule has 0 spiro atoms. The molecule has 2 amide bonds. The third-order valence-corrected chi connectivity index (χ3v) is 6.06. The lowest BCUT2D eigenvalue weighted by atomic mass is 10.1. The maximum atomic E-state index is 13.3. The number of hydrogen-bond donors (Lipinski definition) is 5. The molecule has 0 fully saturated rings. The number of rotatable bonds is 8. The van der Waals surface area contributed by atoms with E-state index in [-0.39, 0.29) is 33.6 Å². The number of carbonyl (C=O) groups excluding carboxylic acids is 2.